The monoisotopic (exact) mass is 246 g/mol. The Morgan fingerprint density at radius 2 is 1.68 bits per heavy atom. The fourth-order valence-electron chi connectivity index (χ4n) is 2.28. The smallest absolute Gasteiger partial charge is 0.227 e. The fourth-order valence-corrected chi connectivity index (χ4v) is 2.28. The fraction of sp³-hybridized carbons (Fsp3) is 0. The lowest BCUT2D eigenvalue weighted by Gasteiger charge is -2.01. The van der Waals surface area contributed by atoms with Crippen molar-refractivity contribution >= 4 is 22.0 Å². The van der Waals surface area contributed by atoms with Crippen LogP contribution < -0.4 is 0 Å². The van der Waals surface area contributed by atoms with Crippen LogP contribution in [0.4, 0.5) is 0 Å². The third kappa shape index (κ3) is 1.59. The quantitative estimate of drug-likeness (QED) is 0.508. The van der Waals surface area contributed by atoms with Gasteiger partial charge in [-0.3, -0.25) is 4.98 Å². The highest BCUT2D eigenvalue weighted by atomic mass is 16.3. The lowest BCUT2D eigenvalue weighted by molar-refractivity contribution is 0.620. The van der Waals surface area contributed by atoms with Crippen LogP contribution in [0.3, 0.4) is 0 Å². The zero-order valence-corrected chi connectivity index (χ0v) is 10.1. The van der Waals surface area contributed by atoms with Crippen molar-refractivity contribution in [2.75, 3.05) is 0 Å². The summed E-state index contributed by atoms with van der Waals surface area (Å²) < 4.78 is 5.82. The van der Waals surface area contributed by atoms with Gasteiger partial charge >= 0.3 is 0 Å². The average Bonchev–Trinajstić information content (AvgIpc) is 2.90. The summed E-state index contributed by atoms with van der Waals surface area (Å²) >= 11 is 0. The van der Waals surface area contributed by atoms with Crippen molar-refractivity contribution in [2.24, 2.45) is 0 Å². The second-order valence-electron chi connectivity index (χ2n) is 4.36. The average molecular weight is 246 g/mol. The maximum atomic E-state index is 5.82. The number of hydrogen-bond acceptors (Lipinski definition) is 3. The summed E-state index contributed by atoms with van der Waals surface area (Å²) in [7, 11) is 0. The van der Waals surface area contributed by atoms with Crippen LogP contribution in [0, 0.1) is 0 Å². The zero-order chi connectivity index (χ0) is 12.7. The molecule has 0 N–H and O–H groups in total. The van der Waals surface area contributed by atoms with E-state index in [1.807, 2.05) is 54.6 Å². The number of rotatable bonds is 1. The Balaban J connectivity index is 2.03. The van der Waals surface area contributed by atoms with E-state index < -0.39 is 0 Å². The molecule has 2 aromatic carbocycles. The minimum atomic E-state index is 0.639. The summed E-state index contributed by atoms with van der Waals surface area (Å²) in [6.07, 6.45) is 1.79. The van der Waals surface area contributed by atoms with E-state index in [0.29, 0.717) is 5.89 Å². The summed E-state index contributed by atoms with van der Waals surface area (Å²) in [5, 5.41) is 1.05. The third-order valence-electron chi connectivity index (χ3n) is 3.17. The van der Waals surface area contributed by atoms with E-state index in [1.165, 1.54) is 0 Å². The van der Waals surface area contributed by atoms with Gasteiger partial charge in [0.05, 0.1) is 5.52 Å². The molecule has 0 saturated carbocycles. The van der Waals surface area contributed by atoms with E-state index >= 15 is 0 Å². The number of nitrogens with zero attached hydrogens (tertiary/aromatic N) is 2. The number of aromatic nitrogens is 2. The Hall–Kier alpha value is -2.68. The predicted molar refractivity (Wildman–Crippen MR) is 74.7 cm³/mol. The molecular weight excluding hydrogens is 236 g/mol. The van der Waals surface area contributed by atoms with Gasteiger partial charge in [0.15, 0.2) is 5.58 Å². The molecule has 90 valence electrons. The highest BCUT2D eigenvalue weighted by molar-refractivity contribution is 5.93. The minimum Gasteiger partial charge on any atom is -0.436 e. The first-order valence-corrected chi connectivity index (χ1v) is 6.11. The summed E-state index contributed by atoms with van der Waals surface area (Å²) in [6.45, 7) is 0. The van der Waals surface area contributed by atoms with Crippen LogP contribution in [0.15, 0.2) is 65.2 Å². The van der Waals surface area contributed by atoms with Crippen molar-refractivity contribution < 1.29 is 4.42 Å². The van der Waals surface area contributed by atoms with E-state index in [2.05, 4.69) is 9.97 Å². The molecule has 2 aromatic heterocycles. The van der Waals surface area contributed by atoms with E-state index in [4.69, 9.17) is 4.42 Å². The first kappa shape index (κ1) is 10.3. The minimum absolute atomic E-state index is 0.639. The van der Waals surface area contributed by atoms with Crippen molar-refractivity contribution in [1.29, 1.82) is 0 Å². The predicted octanol–water partition coefficient (Wildman–Crippen LogP) is 4.04. The molecule has 3 nitrogen and oxygen atoms in total. The summed E-state index contributed by atoms with van der Waals surface area (Å²) in [5.41, 5.74) is 3.60. The Labute approximate surface area is 109 Å². The van der Waals surface area contributed by atoms with Gasteiger partial charge in [-0.15, -0.1) is 0 Å². The lowest BCUT2D eigenvalue weighted by atomic mass is 10.1. The van der Waals surface area contributed by atoms with Crippen LogP contribution in [0.25, 0.3) is 33.5 Å². The first-order valence-electron chi connectivity index (χ1n) is 6.11. The molecule has 0 radical (unpaired) electrons. The zero-order valence-electron chi connectivity index (χ0n) is 10.1. The Morgan fingerprint density at radius 1 is 0.789 bits per heavy atom. The molecule has 4 aromatic rings. The van der Waals surface area contributed by atoms with E-state index in [0.717, 1.165) is 27.6 Å². The molecule has 0 aliphatic rings. The van der Waals surface area contributed by atoms with Crippen LogP contribution in [0.2, 0.25) is 0 Å². The molecule has 0 aliphatic heterocycles. The number of hydrogen-bond donors (Lipinski definition) is 0. The van der Waals surface area contributed by atoms with Crippen molar-refractivity contribution in [3.05, 3.63) is 60.8 Å². The van der Waals surface area contributed by atoms with Gasteiger partial charge in [0.2, 0.25) is 5.89 Å². The highest BCUT2D eigenvalue weighted by Crippen LogP contribution is 2.29. The van der Waals surface area contributed by atoms with Crippen molar-refractivity contribution in [1.82, 2.24) is 9.97 Å². The van der Waals surface area contributed by atoms with Gasteiger partial charge in [-0.1, -0.05) is 24.3 Å². The topological polar surface area (TPSA) is 38.9 Å². The maximum absolute atomic E-state index is 5.82. The Bertz CT molecular complexity index is 842. The molecule has 0 aliphatic carbocycles. The van der Waals surface area contributed by atoms with E-state index in [1.54, 1.807) is 6.20 Å². The van der Waals surface area contributed by atoms with Gasteiger partial charge in [-0.05, 0) is 30.3 Å². The summed E-state index contributed by atoms with van der Waals surface area (Å²) in [6, 6.07) is 17.7. The molecule has 0 amide bonds. The van der Waals surface area contributed by atoms with Crippen LogP contribution in [0.5, 0.6) is 0 Å². The number of pyridine rings is 1. The van der Waals surface area contributed by atoms with E-state index in [-0.39, 0.29) is 0 Å². The maximum Gasteiger partial charge on any atom is 0.227 e. The standard InChI is InChI=1S/C16H10N2O/c1-2-9-15-14(7-1)18-16(19-15)12-5-3-8-13-11(12)6-4-10-17-13/h1-10H. The number of para-hydroxylation sites is 2. The molecule has 0 spiro atoms. The molecule has 0 unspecified atom stereocenters. The normalized spacial score (nSPS) is 11.2. The van der Waals surface area contributed by atoms with Crippen LogP contribution in [-0.2, 0) is 0 Å². The molecular formula is C16H10N2O. The third-order valence-corrected chi connectivity index (χ3v) is 3.17. The van der Waals surface area contributed by atoms with E-state index in [9.17, 15) is 0 Å². The first-order chi connectivity index (χ1) is 9.42. The molecule has 2 heterocycles. The van der Waals surface area contributed by atoms with Crippen LogP contribution >= 0.6 is 0 Å². The van der Waals surface area contributed by atoms with Gasteiger partial charge in [0.25, 0.3) is 0 Å². The number of fused-ring (bicyclic) bond motifs is 2. The van der Waals surface area contributed by atoms with Crippen molar-refractivity contribution in [3.63, 3.8) is 0 Å². The number of benzene rings is 2. The lowest BCUT2D eigenvalue weighted by Crippen LogP contribution is -1.82. The van der Waals surface area contributed by atoms with Crippen LogP contribution in [-0.4, -0.2) is 9.97 Å². The van der Waals surface area contributed by atoms with Gasteiger partial charge < -0.3 is 4.42 Å². The molecule has 0 bridgehead atoms. The highest BCUT2D eigenvalue weighted by Gasteiger charge is 2.10. The van der Waals surface area contributed by atoms with Gasteiger partial charge in [0.1, 0.15) is 5.52 Å². The second kappa shape index (κ2) is 3.92. The summed E-state index contributed by atoms with van der Waals surface area (Å²) in [4.78, 5) is 8.89. The van der Waals surface area contributed by atoms with Gasteiger partial charge in [-0.25, -0.2) is 4.98 Å². The van der Waals surface area contributed by atoms with Gasteiger partial charge in [-0.2, -0.15) is 0 Å². The Morgan fingerprint density at radius 3 is 2.63 bits per heavy atom. The Kier molecular flexibility index (Phi) is 2.12. The molecule has 0 atom stereocenters. The van der Waals surface area contributed by atoms with Crippen LogP contribution in [0.1, 0.15) is 0 Å². The van der Waals surface area contributed by atoms with Crippen molar-refractivity contribution in [3.8, 4) is 11.5 Å². The largest absolute Gasteiger partial charge is 0.436 e. The molecule has 19 heavy (non-hydrogen) atoms. The summed E-state index contributed by atoms with van der Waals surface area (Å²) in [5.74, 6) is 0.639. The molecule has 4 rings (SSSR count). The second-order valence-corrected chi connectivity index (χ2v) is 4.36. The molecule has 3 heteroatoms. The molecule has 0 saturated heterocycles. The SMILES string of the molecule is c1ccc2oc(-c3cccc4ncccc34)nc2c1. The number of oxazole rings is 1. The van der Waals surface area contributed by atoms with Gasteiger partial charge in [0, 0.05) is 17.1 Å². The van der Waals surface area contributed by atoms with Crippen molar-refractivity contribution in [2.45, 2.75) is 0 Å². The molecule has 0 fully saturated rings.